The van der Waals surface area contributed by atoms with Crippen molar-refractivity contribution in [3.05, 3.63) is 75.3 Å². The third kappa shape index (κ3) is 2.81. The predicted molar refractivity (Wildman–Crippen MR) is 107 cm³/mol. The molecule has 0 radical (unpaired) electrons. The molecule has 4 aromatic rings. The van der Waals surface area contributed by atoms with Crippen LogP contribution in [0.5, 0.6) is 0 Å². The highest BCUT2D eigenvalue weighted by atomic mass is 32.1. The average molecular weight is 377 g/mol. The molecule has 0 bridgehead atoms. The van der Waals surface area contributed by atoms with Gasteiger partial charge in [0.2, 0.25) is 0 Å². The lowest BCUT2D eigenvalue weighted by Crippen LogP contribution is -2.26. The Hall–Kier alpha value is -2.70. The van der Waals surface area contributed by atoms with Crippen LogP contribution >= 0.6 is 11.3 Å². The zero-order chi connectivity index (χ0) is 18.4. The fraction of sp³-hybridized carbons (Fsp3) is 0.238. The zero-order valence-corrected chi connectivity index (χ0v) is 15.7. The summed E-state index contributed by atoms with van der Waals surface area (Å²) in [6.07, 6.45) is 3.76. The van der Waals surface area contributed by atoms with E-state index in [0.717, 1.165) is 23.2 Å². The molecule has 2 atom stereocenters. The quantitative estimate of drug-likeness (QED) is 0.546. The Labute approximate surface area is 160 Å². The molecule has 0 spiro atoms. The van der Waals surface area contributed by atoms with Gasteiger partial charge in [-0.3, -0.25) is 4.79 Å². The third-order valence-electron chi connectivity index (χ3n) is 5.24. The van der Waals surface area contributed by atoms with Crippen molar-refractivity contribution in [2.75, 3.05) is 0 Å². The molecular weight excluding hydrogens is 358 g/mol. The van der Waals surface area contributed by atoms with Gasteiger partial charge in [0, 0.05) is 17.0 Å². The van der Waals surface area contributed by atoms with Crippen LogP contribution in [-0.4, -0.2) is 9.97 Å². The summed E-state index contributed by atoms with van der Waals surface area (Å²) in [4.78, 5) is 21.2. The molecule has 0 aliphatic heterocycles. The summed E-state index contributed by atoms with van der Waals surface area (Å²) in [6, 6.07) is 12.5. The molecule has 0 unspecified atom stereocenters. The van der Waals surface area contributed by atoms with E-state index in [0.29, 0.717) is 23.0 Å². The van der Waals surface area contributed by atoms with Gasteiger partial charge in [-0.05, 0) is 43.0 Å². The van der Waals surface area contributed by atoms with Crippen LogP contribution in [-0.2, 0) is 6.42 Å². The van der Waals surface area contributed by atoms with E-state index in [1.54, 1.807) is 6.26 Å². The molecule has 1 aliphatic carbocycles. The minimum absolute atomic E-state index is 0.0487. The van der Waals surface area contributed by atoms with Gasteiger partial charge >= 0.3 is 0 Å². The number of hydrogen-bond donors (Lipinski definition) is 2. The van der Waals surface area contributed by atoms with Gasteiger partial charge in [0.05, 0.1) is 17.7 Å². The summed E-state index contributed by atoms with van der Waals surface area (Å²) in [7, 11) is 0. The van der Waals surface area contributed by atoms with E-state index >= 15 is 0 Å². The Balaban J connectivity index is 1.46. The number of furan rings is 1. The van der Waals surface area contributed by atoms with Crippen LogP contribution in [0.4, 0.5) is 0 Å². The topological polar surface area (TPSA) is 70.9 Å². The zero-order valence-electron chi connectivity index (χ0n) is 14.9. The van der Waals surface area contributed by atoms with Gasteiger partial charge in [-0.25, -0.2) is 4.98 Å². The molecule has 3 aromatic heterocycles. The molecule has 5 nitrogen and oxygen atoms in total. The molecule has 3 heterocycles. The first-order valence-corrected chi connectivity index (χ1v) is 9.98. The number of hydrogen-bond acceptors (Lipinski definition) is 5. The molecule has 2 N–H and O–H groups in total. The predicted octanol–water partition coefficient (Wildman–Crippen LogP) is 4.58. The maximum absolute atomic E-state index is 12.8. The molecule has 1 aromatic carbocycles. The number of benzene rings is 1. The van der Waals surface area contributed by atoms with Crippen LogP contribution < -0.4 is 10.9 Å². The summed E-state index contributed by atoms with van der Waals surface area (Å²) >= 11 is 1.47. The third-order valence-corrected chi connectivity index (χ3v) is 6.12. The molecule has 27 heavy (non-hydrogen) atoms. The van der Waals surface area contributed by atoms with Crippen molar-refractivity contribution in [2.24, 2.45) is 0 Å². The van der Waals surface area contributed by atoms with Crippen molar-refractivity contribution in [1.29, 1.82) is 0 Å². The van der Waals surface area contributed by atoms with Crippen LogP contribution in [0.3, 0.4) is 0 Å². The van der Waals surface area contributed by atoms with Gasteiger partial charge in [0.15, 0.2) is 0 Å². The number of rotatable bonds is 4. The number of nitrogens with one attached hydrogen (secondary N) is 2. The van der Waals surface area contributed by atoms with Crippen molar-refractivity contribution in [3.8, 4) is 11.3 Å². The number of aromatic nitrogens is 2. The first-order valence-electron chi connectivity index (χ1n) is 9.10. The highest BCUT2D eigenvalue weighted by molar-refractivity contribution is 7.17. The summed E-state index contributed by atoms with van der Waals surface area (Å²) < 4.78 is 5.45. The van der Waals surface area contributed by atoms with Crippen molar-refractivity contribution in [2.45, 2.75) is 31.8 Å². The van der Waals surface area contributed by atoms with Crippen molar-refractivity contribution in [3.63, 3.8) is 0 Å². The number of aromatic amines is 1. The van der Waals surface area contributed by atoms with Crippen LogP contribution in [0.1, 0.15) is 42.4 Å². The minimum Gasteiger partial charge on any atom is -0.464 e. The Morgan fingerprint density at radius 3 is 3.04 bits per heavy atom. The van der Waals surface area contributed by atoms with Crippen LogP contribution in [0.25, 0.3) is 21.5 Å². The molecule has 0 saturated heterocycles. The average Bonchev–Trinajstić information content (AvgIpc) is 3.41. The lowest BCUT2D eigenvalue weighted by atomic mass is 10.1. The van der Waals surface area contributed by atoms with Crippen molar-refractivity contribution < 1.29 is 4.42 Å². The normalized spacial score (nSPS) is 17.3. The highest BCUT2D eigenvalue weighted by Crippen LogP contribution is 2.34. The van der Waals surface area contributed by atoms with Crippen LogP contribution in [0, 0.1) is 0 Å². The Morgan fingerprint density at radius 1 is 1.30 bits per heavy atom. The first-order chi connectivity index (χ1) is 13.2. The maximum atomic E-state index is 12.8. The van der Waals surface area contributed by atoms with Gasteiger partial charge in [-0.15, -0.1) is 11.3 Å². The second-order valence-electron chi connectivity index (χ2n) is 6.94. The molecule has 0 amide bonds. The molecular formula is C21H19N3O2S. The summed E-state index contributed by atoms with van der Waals surface area (Å²) in [5.41, 5.74) is 3.43. The molecule has 0 saturated carbocycles. The van der Waals surface area contributed by atoms with E-state index in [1.807, 2.05) is 24.4 Å². The van der Waals surface area contributed by atoms with E-state index < -0.39 is 0 Å². The van der Waals surface area contributed by atoms with Gasteiger partial charge in [-0.1, -0.05) is 24.3 Å². The van der Waals surface area contributed by atoms with Crippen molar-refractivity contribution in [1.82, 2.24) is 15.3 Å². The van der Waals surface area contributed by atoms with Crippen molar-refractivity contribution >= 4 is 21.6 Å². The summed E-state index contributed by atoms with van der Waals surface area (Å²) in [5.74, 6) is 1.36. The van der Waals surface area contributed by atoms with Gasteiger partial charge < -0.3 is 14.7 Å². The number of thiophene rings is 1. The highest BCUT2D eigenvalue weighted by Gasteiger charge is 2.25. The lowest BCUT2D eigenvalue weighted by Gasteiger charge is -2.19. The summed E-state index contributed by atoms with van der Waals surface area (Å²) in [5, 5.41) is 6.16. The van der Waals surface area contributed by atoms with Crippen LogP contribution in [0.15, 0.2) is 57.3 Å². The molecule has 136 valence electrons. The fourth-order valence-electron chi connectivity index (χ4n) is 3.89. The molecule has 1 aliphatic rings. The largest absolute Gasteiger partial charge is 0.464 e. The number of nitrogens with zero attached hydrogens (tertiary/aromatic N) is 1. The van der Waals surface area contributed by atoms with E-state index in [1.165, 1.54) is 22.5 Å². The van der Waals surface area contributed by atoms with E-state index in [2.05, 4.69) is 34.6 Å². The standard InChI is InChI=1S/C21H19N3O2S/c1-12(22-16-9-8-13-5-2-3-6-14(13)16)19-23-20(25)18-15(11-27-21(18)24-19)17-7-4-10-26-17/h2-7,10-12,16,22H,8-9H2,1H3,(H,23,24,25)/t12-,16-/m0/s1. The van der Waals surface area contributed by atoms with Crippen LogP contribution in [0.2, 0.25) is 0 Å². The first kappa shape index (κ1) is 16.5. The van der Waals surface area contributed by atoms with Gasteiger partial charge in [-0.2, -0.15) is 0 Å². The second-order valence-corrected chi connectivity index (χ2v) is 7.79. The van der Waals surface area contributed by atoms with E-state index in [4.69, 9.17) is 9.40 Å². The Morgan fingerprint density at radius 2 is 2.19 bits per heavy atom. The molecule has 6 heteroatoms. The molecule has 0 fully saturated rings. The summed E-state index contributed by atoms with van der Waals surface area (Å²) in [6.45, 7) is 2.05. The molecule has 5 rings (SSSR count). The fourth-order valence-corrected chi connectivity index (χ4v) is 4.83. The smallest absolute Gasteiger partial charge is 0.260 e. The monoisotopic (exact) mass is 377 g/mol. The number of fused-ring (bicyclic) bond motifs is 2. The van der Waals surface area contributed by atoms with Gasteiger partial charge in [0.1, 0.15) is 16.4 Å². The minimum atomic E-state index is -0.122. The maximum Gasteiger partial charge on any atom is 0.260 e. The van der Waals surface area contributed by atoms with E-state index in [-0.39, 0.29) is 11.6 Å². The SMILES string of the molecule is C[C@H](N[C@H]1CCc2ccccc21)c1nc2scc(-c3ccco3)c2c(=O)[nH]1. The lowest BCUT2D eigenvalue weighted by molar-refractivity contribution is 0.450. The second kappa shape index (κ2) is 6.48. The Bertz CT molecular complexity index is 1160. The Kier molecular flexibility index (Phi) is 3.95. The number of aryl methyl sites for hydroxylation is 1. The van der Waals surface area contributed by atoms with Gasteiger partial charge in [0.25, 0.3) is 5.56 Å². The number of H-pyrrole nitrogens is 1. The van der Waals surface area contributed by atoms with E-state index in [9.17, 15) is 4.79 Å².